The lowest BCUT2D eigenvalue weighted by molar-refractivity contribution is 0.251. The van der Waals surface area contributed by atoms with E-state index in [1.54, 1.807) is 4.57 Å². The van der Waals surface area contributed by atoms with Crippen LogP contribution in [-0.4, -0.2) is 34.6 Å². The van der Waals surface area contributed by atoms with Crippen LogP contribution in [-0.2, 0) is 13.6 Å². The smallest absolute Gasteiger partial charge is 0.307 e. The first kappa shape index (κ1) is 16.0. The summed E-state index contributed by atoms with van der Waals surface area (Å²) < 4.78 is 2.84. The van der Waals surface area contributed by atoms with Gasteiger partial charge < -0.3 is 9.88 Å². The van der Waals surface area contributed by atoms with Crippen LogP contribution in [0.3, 0.4) is 0 Å². The third kappa shape index (κ3) is 2.95. The molecule has 1 N–H and O–H groups in total. The number of fused-ring (bicyclic) bond motifs is 3. The molecule has 1 aromatic heterocycles. The predicted molar refractivity (Wildman–Crippen MR) is 94.2 cm³/mol. The second kappa shape index (κ2) is 6.32. The first-order valence-corrected chi connectivity index (χ1v) is 8.57. The number of halogens is 1. The Labute approximate surface area is 140 Å². The maximum Gasteiger partial charge on any atom is 0.307 e. The van der Waals surface area contributed by atoms with Crippen molar-refractivity contribution in [2.75, 3.05) is 13.1 Å². The number of benzene rings is 1. The van der Waals surface area contributed by atoms with Gasteiger partial charge >= 0.3 is 4.87 Å². The zero-order valence-corrected chi connectivity index (χ0v) is 14.4. The van der Waals surface area contributed by atoms with Crippen LogP contribution < -0.4 is 10.2 Å². The maximum atomic E-state index is 11.7. The molecule has 2 saturated heterocycles. The van der Waals surface area contributed by atoms with Crippen LogP contribution in [0.25, 0.3) is 10.2 Å². The van der Waals surface area contributed by atoms with E-state index in [0.29, 0.717) is 6.04 Å². The molecule has 4 rings (SSSR count). The Hall–Kier alpha value is -0.880. The average molecular weight is 340 g/mol. The number of aromatic nitrogens is 1. The molecule has 0 spiro atoms. The Kier molecular flexibility index (Phi) is 4.59. The lowest BCUT2D eigenvalue weighted by Crippen LogP contribution is -2.34. The highest BCUT2D eigenvalue weighted by Crippen LogP contribution is 2.23. The van der Waals surface area contributed by atoms with E-state index in [9.17, 15) is 4.79 Å². The topological polar surface area (TPSA) is 37.3 Å². The molecule has 6 heteroatoms. The minimum absolute atomic E-state index is 0. The van der Waals surface area contributed by atoms with Gasteiger partial charge in [0, 0.05) is 38.8 Å². The van der Waals surface area contributed by atoms with E-state index < -0.39 is 0 Å². The summed E-state index contributed by atoms with van der Waals surface area (Å²) in [5.74, 6) is 0. The lowest BCUT2D eigenvalue weighted by Gasteiger charge is -2.24. The summed E-state index contributed by atoms with van der Waals surface area (Å²) in [7, 11) is 1.85. The van der Waals surface area contributed by atoms with Crippen molar-refractivity contribution in [2.45, 2.75) is 37.9 Å². The molecule has 1 aromatic carbocycles. The van der Waals surface area contributed by atoms with Gasteiger partial charge in [0.05, 0.1) is 10.2 Å². The third-order valence-corrected chi connectivity index (χ3v) is 5.87. The standard InChI is InChI=1S/C16H21N3OS.ClH/c1-18-14-5-2-11(8-15(14)21-16(18)20)9-19-7-6-12-3-4-13(10-19)17-12;/h2,5,8,12-13,17H,3-4,6-7,9-10H2,1H3;1H. The van der Waals surface area contributed by atoms with E-state index in [-0.39, 0.29) is 17.3 Å². The van der Waals surface area contributed by atoms with Crippen molar-refractivity contribution >= 4 is 34.0 Å². The zero-order chi connectivity index (χ0) is 14.4. The molecule has 2 aliphatic rings. The average Bonchev–Trinajstić information content (AvgIpc) is 2.94. The number of likely N-dealkylation sites (tertiary alicyclic amines) is 1. The van der Waals surface area contributed by atoms with Crippen molar-refractivity contribution in [1.82, 2.24) is 14.8 Å². The van der Waals surface area contributed by atoms with E-state index >= 15 is 0 Å². The van der Waals surface area contributed by atoms with Crippen LogP contribution in [0.1, 0.15) is 24.8 Å². The summed E-state index contributed by atoms with van der Waals surface area (Å²) in [6.45, 7) is 3.33. The fourth-order valence-corrected chi connectivity index (χ4v) is 4.64. The molecular formula is C16H22ClN3OS. The second-order valence-electron chi connectivity index (χ2n) is 6.39. The Bertz CT molecular complexity index is 726. The van der Waals surface area contributed by atoms with Crippen LogP contribution in [0.5, 0.6) is 0 Å². The Morgan fingerprint density at radius 1 is 1.27 bits per heavy atom. The van der Waals surface area contributed by atoms with Gasteiger partial charge in [-0.1, -0.05) is 17.4 Å². The summed E-state index contributed by atoms with van der Waals surface area (Å²) in [4.78, 5) is 14.4. The van der Waals surface area contributed by atoms with Gasteiger partial charge in [0.15, 0.2) is 0 Å². The summed E-state index contributed by atoms with van der Waals surface area (Å²) in [5, 5.41) is 3.72. The Balaban J connectivity index is 0.00000144. The maximum absolute atomic E-state index is 11.7. The van der Waals surface area contributed by atoms with Gasteiger partial charge in [-0.25, -0.2) is 0 Å². The van der Waals surface area contributed by atoms with Crippen molar-refractivity contribution in [1.29, 1.82) is 0 Å². The van der Waals surface area contributed by atoms with Gasteiger partial charge in [-0.15, -0.1) is 12.4 Å². The van der Waals surface area contributed by atoms with Gasteiger partial charge in [0.1, 0.15) is 0 Å². The number of aryl methyl sites for hydroxylation is 1. The van der Waals surface area contributed by atoms with Gasteiger partial charge in [-0.3, -0.25) is 9.69 Å². The molecule has 0 radical (unpaired) electrons. The normalized spacial score (nSPS) is 25.1. The minimum Gasteiger partial charge on any atom is -0.310 e. The van der Waals surface area contributed by atoms with Crippen LogP contribution >= 0.6 is 23.7 Å². The number of hydrogen-bond acceptors (Lipinski definition) is 4. The molecule has 2 unspecified atom stereocenters. The zero-order valence-electron chi connectivity index (χ0n) is 12.7. The second-order valence-corrected chi connectivity index (χ2v) is 7.38. The van der Waals surface area contributed by atoms with Crippen molar-refractivity contribution in [3.8, 4) is 0 Å². The molecule has 2 aliphatic heterocycles. The van der Waals surface area contributed by atoms with Crippen LogP contribution in [0.2, 0.25) is 0 Å². The van der Waals surface area contributed by atoms with Crippen LogP contribution in [0.15, 0.2) is 23.0 Å². The van der Waals surface area contributed by atoms with E-state index in [1.165, 1.54) is 42.7 Å². The van der Waals surface area contributed by atoms with Crippen LogP contribution in [0, 0.1) is 0 Å². The molecule has 3 heterocycles. The number of nitrogens with one attached hydrogen (secondary N) is 1. The largest absolute Gasteiger partial charge is 0.310 e. The first-order chi connectivity index (χ1) is 10.2. The van der Waals surface area contributed by atoms with Crippen molar-refractivity contribution < 1.29 is 0 Å². The van der Waals surface area contributed by atoms with Crippen LogP contribution in [0.4, 0.5) is 0 Å². The highest BCUT2D eigenvalue weighted by molar-refractivity contribution is 7.16. The highest BCUT2D eigenvalue weighted by Gasteiger charge is 2.29. The SMILES string of the molecule is Cl.Cn1c(=O)sc2cc(CN3CCC4CCC(C3)N4)ccc21. The summed E-state index contributed by atoms with van der Waals surface area (Å²) in [6.07, 6.45) is 3.93. The van der Waals surface area contributed by atoms with Gasteiger partial charge in [0.25, 0.3) is 0 Å². The fourth-order valence-electron chi connectivity index (χ4n) is 3.69. The molecule has 2 atom stereocenters. The van der Waals surface area contributed by atoms with Crippen molar-refractivity contribution in [2.24, 2.45) is 7.05 Å². The fraction of sp³-hybridized carbons (Fsp3) is 0.562. The van der Waals surface area contributed by atoms with Crippen molar-refractivity contribution in [3.63, 3.8) is 0 Å². The van der Waals surface area contributed by atoms with Gasteiger partial charge in [-0.2, -0.15) is 0 Å². The quantitative estimate of drug-likeness (QED) is 0.912. The Morgan fingerprint density at radius 3 is 2.95 bits per heavy atom. The molecule has 22 heavy (non-hydrogen) atoms. The third-order valence-electron chi connectivity index (χ3n) is 4.87. The molecule has 0 aliphatic carbocycles. The molecule has 0 amide bonds. The van der Waals surface area contributed by atoms with E-state index in [0.717, 1.165) is 29.3 Å². The molecule has 120 valence electrons. The summed E-state index contributed by atoms with van der Waals surface area (Å²) in [5.41, 5.74) is 2.37. The number of nitrogens with zero attached hydrogens (tertiary/aromatic N) is 2. The molecule has 2 aromatic rings. The van der Waals surface area contributed by atoms with Gasteiger partial charge in [-0.05, 0) is 37.0 Å². The minimum atomic E-state index is 0. The Morgan fingerprint density at radius 2 is 2.09 bits per heavy atom. The summed E-state index contributed by atoms with van der Waals surface area (Å²) in [6, 6.07) is 7.87. The summed E-state index contributed by atoms with van der Waals surface area (Å²) >= 11 is 1.35. The predicted octanol–water partition coefficient (Wildman–Crippen LogP) is 2.35. The molecule has 0 saturated carbocycles. The molecule has 2 fully saturated rings. The first-order valence-electron chi connectivity index (χ1n) is 7.76. The molecule has 4 nitrogen and oxygen atoms in total. The number of rotatable bonds is 2. The molecule has 2 bridgehead atoms. The monoisotopic (exact) mass is 339 g/mol. The van der Waals surface area contributed by atoms with E-state index in [1.807, 2.05) is 7.05 Å². The van der Waals surface area contributed by atoms with Crippen molar-refractivity contribution in [3.05, 3.63) is 33.4 Å². The van der Waals surface area contributed by atoms with E-state index in [4.69, 9.17) is 0 Å². The molecular weight excluding hydrogens is 318 g/mol. The van der Waals surface area contributed by atoms with Gasteiger partial charge in [0.2, 0.25) is 0 Å². The lowest BCUT2D eigenvalue weighted by atomic mass is 10.1. The highest BCUT2D eigenvalue weighted by atomic mass is 35.5. The number of hydrogen-bond donors (Lipinski definition) is 1. The van der Waals surface area contributed by atoms with E-state index in [2.05, 4.69) is 28.4 Å². The number of thiazole rings is 1.